The fourth-order valence-electron chi connectivity index (χ4n) is 2.79. The van der Waals surface area contributed by atoms with Gasteiger partial charge in [-0.2, -0.15) is 0 Å². The number of nitrogens with zero attached hydrogens (tertiary/aromatic N) is 2. The number of nitrogens with one attached hydrogen (secondary N) is 2. The second kappa shape index (κ2) is 9.03. The summed E-state index contributed by atoms with van der Waals surface area (Å²) < 4.78 is 15.4. The minimum atomic E-state index is -0.781. The normalized spacial score (nSPS) is 10.5. The predicted octanol–water partition coefficient (Wildman–Crippen LogP) is 2.65. The van der Waals surface area contributed by atoms with Gasteiger partial charge < -0.3 is 18.9 Å². The number of ether oxygens (including phenoxy) is 2. The van der Waals surface area contributed by atoms with Gasteiger partial charge in [-0.25, -0.2) is 9.59 Å². The summed E-state index contributed by atoms with van der Waals surface area (Å²) in [6, 6.07) is 8.92. The molecule has 0 unspecified atom stereocenters. The SMILES string of the molecule is CCOC(=O)c1c(C)[nH]c(C(=O)OCC(=O)Nc2nnc(-c3ccccc3)o2)c1C. The number of anilines is 1. The lowest BCUT2D eigenvalue weighted by atomic mass is 10.1. The van der Waals surface area contributed by atoms with Crippen molar-refractivity contribution < 1.29 is 28.3 Å². The number of carbonyl (C=O) groups excluding carboxylic acids is 3. The fraction of sp³-hybridized carbons (Fsp3) is 0.250. The molecule has 3 aromatic rings. The van der Waals surface area contributed by atoms with Gasteiger partial charge in [-0.05, 0) is 38.5 Å². The van der Waals surface area contributed by atoms with E-state index in [9.17, 15) is 14.4 Å². The maximum Gasteiger partial charge on any atom is 0.355 e. The zero-order valence-corrected chi connectivity index (χ0v) is 16.6. The van der Waals surface area contributed by atoms with Gasteiger partial charge in [0.2, 0.25) is 5.89 Å². The van der Waals surface area contributed by atoms with E-state index in [1.54, 1.807) is 32.9 Å². The molecule has 0 fully saturated rings. The van der Waals surface area contributed by atoms with Crippen molar-refractivity contribution in [3.63, 3.8) is 0 Å². The highest BCUT2D eigenvalue weighted by Gasteiger charge is 2.24. The zero-order valence-electron chi connectivity index (χ0n) is 16.6. The van der Waals surface area contributed by atoms with E-state index in [4.69, 9.17) is 13.9 Å². The summed E-state index contributed by atoms with van der Waals surface area (Å²) in [5.74, 6) is -1.73. The van der Waals surface area contributed by atoms with E-state index in [-0.39, 0.29) is 29.8 Å². The lowest BCUT2D eigenvalue weighted by molar-refractivity contribution is -0.119. The van der Waals surface area contributed by atoms with E-state index in [1.165, 1.54) is 0 Å². The molecule has 0 atom stereocenters. The standard InChI is InChI=1S/C20H20N4O6/c1-4-28-18(26)15-11(2)16(21-12(15)3)19(27)29-10-14(25)22-20-24-23-17(30-20)13-8-6-5-7-9-13/h5-9,21H,4,10H2,1-3H3,(H,22,24,25). The van der Waals surface area contributed by atoms with Crippen molar-refractivity contribution in [1.82, 2.24) is 15.2 Å². The van der Waals surface area contributed by atoms with Crippen LogP contribution in [-0.4, -0.2) is 46.2 Å². The molecular weight excluding hydrogens is 392 g/mol. The highest BCUT2D eigenvalue weighted by atomic mass is 16.5. The van der Waals surface area contributed by atoms with Crippen LogP contribution in [0.25, 0.3) is 11.5 Å². The number of hydrogen-bond donors (Lipinski definition) is 2. The van der Waals surface area contributed by atoms with Crippen molar-refractivity contribution in [2.24, 2.45) is 0 Å². The Bertz CT molecular complexity index is 1070. The average molecular weight is 412 g/mol. The Kier molecular flexibility index (Phi) is 6.26. The molecule has 0 saturated carbocycles. The van der Waals surface area contributed by atoms with Crippen LogP contribution in [0.3, 0.4) is 0 Å². The van der Waals surface area contributed by atoms with Crippen LogP contribution in [0, 0.1) is 13.8 Å². The molecule has 0 spiro atoms. The van der Waals surface area contributed by atoms with Crippen LogP contribution in [0.15, 0.2) is 34.7 Å². The first-order chi connectivity index (χ1) is 14.4. The summed E-state index contributed by atoms with van der Waals surface area (Å²) in [4.78, 5) is 39.2. The molecule has 10 nitrogen and oxygen atoms in total. The molecule has 10 heteroatoms. The molecule has 0 aliphatic carbocycles. The highest BCUT2D eigenvalue weighted by molar-refractivity contribution is 5.99. The van der Waals surface area contributed by atoms with Crippen molar-refractivity contribution in [2.75, 3.05) is 18.5 Å². The Morgan fingerprint density at radius 3 is 2.50 bits per heavy atom. The third-order valence-corrected chi connectivity index (χ3v) is 4.15. The van der Waals surface area contributed by atoms with Crippen molar-refractivity contribution in [3.8, 4) is 11.5 Å². The quantitative estimate of drug-likeness (QED) is 0.565. The maximum atomic E-state index is 12.3. The third-order valence-electron chi connectivity index (χ3n) is 4.15. The van der Waals surface area contributed by atoms with Crippen LogP contribution < -0.4 is 5.32 Å². The molecule has 2 heterocycles. The predicted molar refractivity (Wildman–Crippen MR) is 105 cm³/mol. The van der Waals surface area contributed by atoms with Gasteiger partial charge in [-0.15, -0.1) is 5.10 Å². The van der Waals surface area contributed by atoms with Gasteiger partial charge >= 0.3 is 18.0 Å². The van der Waals surface area contributed by atoms with E-state index in [2.05, 4.69) is 20.5 Å². The molecule has 1 amide bonds. The van der Waals surface area contributed by atoms with Crippen LogP contribution in [-0.2, 0) is 14.3 Å². The Balaban J connectivity index is 1.59. The minimum absolute atomic E-state index is 0.0764. The largest absolute Gasteiger partial charge is 0.462 e. The van der Waals surface area contributed by atoms with Gasteiger partial charge in [0.1, 0.15) is 5.69 Å². The topological polar surface area (TPSA) is 136 Å². The summed E-state index contributed by atoms with van der Waals surface area (Å²) in [7, 11) is 0. The van der Waals surface area contributed by atoms with E-state index in [0.29, 0.717) is 16.8 Å². The van der Waals surface area contributed by atoms with Crippen molar-refractivity contribution >= 4 is 23.9 Å². The number of rotatable bonds is 7. The summed E-state index contributed by atoms with van der Waals surface area (Å²) in [5, 5.41) is 9.95. The molecule has 0 radical (unpaired) electrons. The lowest BCUT2D eigenvalue weighted by Crippen LogP contribution is -2.21. The lowest BCUT2D eigenvalue weighted by Gasteiger charge is -2.04. The molecule has 3 rings (SSSR count). The van der Waals surface area contributed by atoms with Crippen LogP contribution in [0.1, 0.15) is 39.0 Å². The Hall–Kier alpha value is -3.95. The van der Waals surface area contributed by atoms with Crippen LogP contribution >= 0.6 is 0 Å². The van der Waals surface area contributed by atoms with Crippen molar-refractivity contribution in [2.45, 2.75) is 20.8 Å². The first kappa shape index (κ1) is 20.8. The average Bonchev–Trinajstić information content (AvgIpc) is 3.31. The van der Waals surface area contributed by atoms with Crippen molar-refractivity contribution in [1.29, 1.82) is 0 Å². The molecule has 2 aromatic heterocycles. The summed E-state index contributed by atoms with van der Waals surface area (Å²) >= 11 is 0. The Morgan fingerprint density at radius 1 is 1.07 bits per heavy atom. The van der Waals surface area contributed by atoms with E-state index >= 15 is 0 Å². The number of amides is 1. The number of aryl methyl sites for hydroxylation is 1. The van der Waals surface area contributed by atoms with Gasteiger partial charge in [0.25, 0.3) is 5.91 Å². The Morgan fingerprint density at radius 2 is 1.80 bits per heavy atom. The Labute approximate surface area is 171 Å². The van der Waals surface area contributed by atoms with Crippen molar-refractivity contribution in [3.05, 3.63) is 52.8 Å². The smallest absolute Gasteiger partial charge is 0.355 e. The van der Waals surface area contributed by atoms with Crippen LogP contribution in [0.4, 0.5) is 6.01 Å². The molecular formula is C20H20N4O6. The molecule has 0 aliphatic rings. The first-order valence-corrected chi connectivity index (χ1v) is 9.12. The van der Waals surface area contributed by atoms with Crippen LogP contribution in [0.5, 0.6) is 0 Å². The molecule has 0 saturated heterocycles. The number of aromatic nitrogens is 3. The maximum absolute atomic E-state index is 12.3. The molecule has 156 valence electrons. The van der Waals surface area contributed by atoms with E-state index in [1.807, 2.05) is 18.2 Å². The highest BCUT2D eigenvalue weighted by Crippen LogP contribution is 2.20. The second-order valence-electron chi connectivity index (χ2n) is 6.25. The van der Waals surface area contributed by atoms with E-state index < -0.39 is 24.5 Å². The van der Waals surface area contributed by atoms with Crippen LogP contribution in [0.2, 0.25) is 0 Å². The number of carbonyl (C=O) groups is 3. The van der Waals surface area contributed by atoms with Gasteiger partial charge in [0, 0.05) is 11.3 Å². The van der Waals surface area contributed by atoms with Gasteiger partial charge in [-0.1, -0.05) is 23.3 Å². The summed E-state index contributed by atoms with van der Waals surface area (Å²) in [5.41, 5.74) is 1.91. The first-order valence-electron chi connectivity index (χ1n) is 9.12. The number of aromatic amines is 1. The molecule has 0 aliphatic heterocycles. The number of benzene rings is 1. The van der Waals surface area contributed by atoms with E-state index in [0.717, 1.165) is 0 Å². The van der Waals surface area contributed by atoms with Gasteiger partial charge in [0.05, 0.1) is 12.2 Å². The second-order valence-corrected chi connectivity index (χ2v) is 6.25. The van der Waals surface area contributed by atoms with Gasteiger partial charge in [-0.3, -0.25) is 10.1 Å². The number of esters is 2. The molecule has 2 N–H and O–H groups in total. The van der Waals surface area contributed by atoms with Gasteiger partial charge in [0.15, 0.2) is 6.61 Å². The summed E-state index contributed by atoms with van der Waals surface area (Å²) in [6.07, 6.45) is 0. The molecule has 30 heavy (non-hydrogen) atoms. The number of hydrogen-bond acceptors (Lipinski definition) is 8. The third kappa shape index (κ3) is 4.54. The molecule has 1 aromatic carbocycles. The fourth-order valence-corrected chi connectivity index (χ4v) is 2.79. The monoisotopic (exact) mass is 412 g/mol. The molecule has 0 bridgehead atoms. The number of H-pyrrole nitrogens is 1. The zero-order chi connectivity index (χ0) is 21.7. The summed E-state index contributed by atoms with van der Waals surface area (Å²) in [6.45, 7) is 4.56. The minimum Gasteiger partial charge on any atom is -0.462 e.